The number of rotatable bonds is 1. The third-order valence-electron chi connectivity index (χ3n) is 4.43. The van der Waals surface area contributed by atoms with E-state index in [2.05, 4.69) is 19.7 Å². The van der Waals surface area contributed by atoms with E-state index >= 15 is 0 Å². The molecule has 0 saturated carbocycles. The van der Waals surface area contributed by atoms with Crippen LogP contribution in [-0.4, -0.2) is 106 Å². The topological polar surface area (TPSA) is 91.8 Å². The second kappa shape index (κ2) is 13.8. The second-order valence-electron chi connectivity index (χ2n) is 9.45. The van der Waals surface area contributed by atoms with E-state index in [0.717, 1.165) is 0 Å². The van der Waals surface area contributed by atoms with Gasteiger partial charge in [0.05, 0.1) is 25.7 Å². The number of nitrogens with zero attached hydrogens (tertiary/aromatic N) is 2. The number of amides is 2. The van der Waals surface area contributed by atoms with E-state index in [1.807, 2.05) is 41.5 Å². The average Bonchev–Trinajstić information content (AvgIpc) is 3.04. The Balaban J connectivity index is 0. The maximum Gasteiger partial charge on any atom is 2.00 e. The fraction of sp³-hybridized carbons (Fsp3) is 0.727. The first kappa shape index (κ1) is 33.4. The van der Waals surface area contributed by atoms with Crippen molar-refractivity contribution in [3.8, 4) is 0 Å². The minimum Gasteiger partial charge on any atom is -1.00 e. The molecule has 3 heterocycles. The van der Waals surface area contributed by atoms with E-state index in [4.69, 9.17) is 14.2 Å². The van der Waals surface area contributed by atoms with Crippen molar-refractivity contribution < 1.29 is 45.9 Å². The Morgan fingerprint density at radius 3 is 1.62 bits per heavy atom. The van der Waals surface area contributed by atoms with Crippen LogP contribution in [0.5, 0.6) is 0 Å². The van der Waals surface area contributed by atoms with Gasteiger partial charge in [-0.25, -0.2) is 9.59 Å². The Kier molecular flexibility index (Phi) is 14.4. The molecule has 10 heteroatoms. The zero-order valence-corrected chi connectivity index (χ0v) is 23.2. The second-order valence-corrected chi connectivity index (χ2v) is 9.45. The molecule has 2 amide bonds. The van der Waals surface area contributed by atoms with Gasteiger partial charge in [0.1, 0.15) is 23.4 Å². The minimum atomic E-state index is -0.519. The number of hydrogen-bond acceptors (Lipinski definition) is 6. The first-order chi connectivity index (χ1) is 13.8. The molecule has 3 saturated heterocycles. The summed E-state index contributed by atoms with van der Waals surface area (Å²) in [4.78, 5) is 26.3. The number of ether oxygens (including phenoxy) is 3. The summed E-state index contributed by atoms with van der Waals surface area (Å²) in [5.41, 5.74) is -0.890. The fourth-order valence-electron chi connectivity index (χ4n) is 3.00. The molecule has 0 spiro atoms. The molecule has 0 aliphatic carbocycles. The van der Waals surface area contributed by atoms with Gasteiger partial charge in [-0.3, -0.25) is 6.58 Å². The van der Waals surface area contributed by atoms with E-state index in [-0.39, 0.29) is 70.3 Å². The van der Waals surface area contributed by atoms with Crippen molar-refractivity contribution in [3.05, 3.63) is 25.8 Å². The Labute approximate surface area is 219 Å². The first-order valence-electron chi connectivity index (χ1n) is 10.1. The summed E-state index contributed by atoms with van der Waals surface area (Å²) >= 11 is 0. The zero-order chi connectivity index (χ0) is 23.3. The Morgan fingerprint density at radius 1 is 0.938 bits per heavy atom. The van der Waals surface area contributed by atoms with Gasteiger partial charge in [0.15, 0.2) is 0 Å². The molecule has 0 aromatic carbocycles. The van der Waals surface area contributed by atoms with Crippen LogP contribution in [0.15, 0.2) is 19.2 Å². The van der Waals surface area contributed by atoms with Crippen LogP contribution >= 0.6 is 0 Å². The van der Waals surface area contributed by atoms with E-state index < -0.39 is 17.3 Å². The first-order valence-corrected chi connectivity index (χ1v) is 10.1. The number of aliphatic hydroxyl groups excluding tert-OH is 1. The predicted molar refractivity (Wildman–Crippen MR) is 120 cm³/mol. The van der Waals surface area contributed by atoms with Crippen molar-refractivity contribution in [1.82, 2.24) is 9.80 Å². The van der Waals surface area contributed by atoms with E-state index in [0.29, 0.717) is 26.2 Å². The van der Waals surface area contributed by atoms with Crippen LogP contribution in [0.2, 0.25) is 0 Å². The molecule has 32 heavy (non-hydrogen) atoms. The van der Waals surface area contributed by atoms with Gasteiger partial charge in [0, 0.05) is 12.5 Å². The minimum absolute atomic E-state index is 0. The molecule has 2 unspecified atom stereocenters. The number of morpholine rings is 1. The molecule has 4 atom stereocenters. The van der Waals surface area contributed by atoms with Crippen molar-refractivity contribution in [2.24, 2.45) is 5.92 Å². The summed E-state index contributed by atoms with van der Waals surface area (Å²) in [5, 5.41) is 9.59. The molecular weight excluding hydrogens is 492 g/mol. The summed E-state index contributed by atoms with van der Waals surface area (Å²) < 4.78 is 15.6. The molecular formula is C22H37BrMgN2O6. The maximum atomic E-state index is 11.6. The van der Waals surface area contributed by atoms with Gasteiger partial charge in [-0.2, -0.15) is 0 Å². The predicted octanol–water partition coefficient (Wildman–Crippen LogP) is -0.367. The van der Waals surface area contributed by atoms with Gasteiger partial charge in [0.25, 0.3) is 0 Å². The number of carbonyl (C=O) groups is 2. The quantitative estimate of drug-likeness (QED) is 0.216. The van der Waals surface area contributed by atoms with Crippen LogP contribution < -0.4 is 17.0 Å². The van der Waals surface area contributed by atoms with Crippen molar-refractivity contribution in [3.63, 3.8) is 0 Å². The third kappa shape index (κ3) is 11.4. The Bertz CT molecular complexity index is 613. The normalized spacial score (nSPS) is 25.3. The zero-order valence-electron chi connectivity index (χ0n) is 20.2. The molecule has 0 radical (unpaired) electrons. The van der Waals surface area contributed by atoms with Crippen molar-refractivity contribution in [1.29, 1.82) is 0 Å². The van der Waals surface area contributed by atoms with Gasteiger partial charge < -0.3 is 52.7 Å². The largest absolute Gasteiger partial charge is 2.00 e. The molecule has 0 bridgehead atoms. The van der Waals surface area contributed by atoms with Crippen LogP contribution in [0.3, 0.4) is 0 Å². The van der Waals surface area contributed by atoms with E-state index in [1.165, 1.54) is 4.90 Å². The summed E-state index contributed by atoms with van der Waals surface area (Å²) in [6.45, 7) is 23.9. The third-order valence-corrected chi connectivity index (χ3v) is 4.43. The van der Waals surface area contributed by atoms with Gasteiger partial charge in [-0.15, -0.1) is 6.58 Å². The standard InChI is InChI=1S/C11H19NO3.C9H15NO3.C2H3.BrH.Mg/c1-5-8-6-12(7-9(8)13)10(14)15-11(2,3)4;1-9(2,3)13-8(11)10-4-6-7(5-10)12-6;1-2;;/h5,8-9,13H,1,6-7H2,2-4H3;6-7H,4-5H2,1-3H3;1H,2H2;1H;/q;;-1;;+2/p-1/t8-,9-;;;;/m1..../s1. The molecule has 0 aromatic heterocycles. The summed E-state index contributed by atoms with van der Waals surface area (Å²) in [5.74, 6) is -0.0440. The van der Waals surface area contributed by atoms with Crippen molar-refractivity contribution >= 4 is 35.2 Å². The summed E-state index contributed by atoms with van der Waals surface area (Å²) in [7, 11) is 0. The molecule has 3 fully saturated rings. The van der Waals surface area contributed by atoms with Gasteiger partial charge in [-0.1, -0.05) is 6.08 Å². The summed E-state index contributed by atoms with van der Waals surface area (Å²) in [6.07, 6.45) is 1.14. The molecule has 1 N–H and O–H groups in total. The van der Waals surface area contributed by atoms with E-state index in [9.17, 15) is 14.7 Å². The molecule has 180 valence electrons. The number of halogens is 1. The van der Waals surface area contributed by atoms with E-state index in [1.54, 1.807) is 11.0 Å². The number of fused-ring (bicyclic) bond motifs is 1. The molecule has 3 aliphatic heterocycles. The van der Waals surface area contributed by atoms with Gasteiger partial charge >= 0.3 is 35.2 Å². The number of hydrogen-bond donors (Lipinski definition) is 1. The molecule has 3 aliphatic rings. The van der Waals surface area contributed by atoms with Crippen LogP contribution in [0, 0.1) is 12.5 Å². The average molecular weight is 530 g/mol. The van der Waals surface area contributed by atoms with Crippen molar-refractivity contribution in [2.45, 2.75) is 71.1 Å². The van der Waals surface area contributed by atoms with Gasteiger partial charge in [-0.05, 0) is 41.5 Å². The smallest absolute Gasteiger partial charge is 1.00 e. The van der Waals surface area contributed by atoms with Crippen LogP contribution in [0.1, 0.15) is 41.5 Å². The number of likely N-dealkylation sites (tertiary alicyclic amines) is 2. The molecule has 8 nitrogen and oxygen atoms in total. The van der Waals surface area contributed by atoms with Crippen LogP contribution in [0.4, 0.5) is 9.59 Å². The van der Waals surface area contributed by atoms with Gasteiger partial charge in [0.2, 0.25) is 0 Å². The molecule has 0 aromatic rings. The monoisotopic (exact) mass is 528 g/mol. The number of epoxide rings is 1. The molecule has 3 rings (SSSR count). The van der Waals surface area contributed by atoms with Crippen molar-refractivity contribution in [2.75, 3.05) is 26.2 Å². The Hall–Kier alpha value is -0.814. The SMILES string of the molecule is C=C[C@@H]1CN(C(=O)OC(C)(C)C)C[C@H]1O.CC(C)(C)OC(=O)N1CC2OC2C1.[Br-].[CH-]=C.[Mg+2]. The number of carbonyl (C=O) groups excluding carboxylic acids is 2. The van der Waals surface area contributed by atoms with Crippen LogP contribution in [0.25, 0.3) is 0 Å². The summed E-state index contributed by atoms with van der Waals surface area (Å²) in [6, 6.07) is 0. The number of β-amino-alcohol motifs (C(OH)–C–C–N with tert-alkyl or cyclic N) is 1. The number of aliphatic hydroxyl groups is 1. The Morgan fingerprint density at radius 2 is 1.31 bits per heavy atom. The van der Waals surface area contributed by atoms with Crippen LogP contribution in [-0.2, 0) is 14.2 Å². The maximum absolute atomic E-state index is 11.6. The fourth-order valence-corrected chi connectivity index (χ4v) is 3.00.